The number of nitrogens with zero attached hydrogens (tertiary/aromatic N) is 4. The molecule has 2 aromatic rings. The van der Waals surface area contributed by atoms with Gasteiger partial charge in [0.15, 0.2) is 11.9 Å². The Balaban J connectivity index is 1.55. The molecule has 14 heteroatoms. The molecule has 4 rings (SSSR count). The summed E-state index contributed by atoms with van der Waals surface area (Å²) in [6.07, 6.45) is 1.51. The highest BCUT2D eigenvalue weighted by Gasteiger charge is 2.45. The van der Waals surface area contributed by atoms with Gasteiger partial charge in [-0.3, -0.25) is 4.57 Å². The number of ether oxygens (including phenoxy) is 1. The molecule has 11 nitrogen and oxygen atoms in total. The maximum atomic E-state index is 11.3. The second-order valence-electron chi connectivity index (χ2n) is 7.86. The van der Waals surface area contributed by atoms with Crippen molar-refractivity contribution in [1.82, 2.24) is 19.7 Å². The highest BCUT2D eigenvalue weighted by Crippen LogP contribution is 2.47. The molecule has 3 heterocycles. The number of anilines is 1. The van der Waals surface area contributed by atoms with Gasteiger partial charge < -0.3 is 30.1 Å². The summed E-state index contributed by atoms with van der Waals surface area (Å²) in [5.74, 6) is 0.647. The summed E-state index contributed by atoms with van der Waals surface area (Å²) in [6, 6.07) is 0.296. The van der Waals surface area contributed by atoms with E-state index in [2.05, 4.69) is 20.4 Å². The normalized spacial score (nSPS) is 28.5. The number of hydrogen-bond donors (Lipinski definition) is 5. The van der Waals surface area contributed by atoms with Crippen LogP contribution in [0.25, 0.3) is 11.0 Å². The van der Waals surface area contributed by atoms with Crippen LogP contribution in [0.4, 0.5) is 5.82 Å². The number of fused-ring (bicyclic) bond motifs is 1. The van der Waals surface area contributed by atoms with Crippen molar-refractivity contribution in [2.75, 3.05) is 11.1 Å². The minimum atomic E-state index is -4.26. The summed E-state index contributed by atoms with van der Waals surface area (Å²) >= 11 is 7.10. The van der Waals surface area contributed by atoms with Crippen molar-refractivity contribution in [3.63, 3.8) is 0 Å². The number of aromatic nitrogens is 4. The third-order valence-corrected chi connectivity index (χ3v) is 9.07. The van der Waals surface area contributed by atoms with E-state index in [9.17, 15) is 24.6 Å². The molecule has 2 aliphatic rings. The van der Waals surface area contributed by atoms with E-state index in [0.29, 0.717) is 22.9 Å². The van der Waals surface area contributed by atoms with Crippen molar-refractivity contribution in [3.8, 4) is 0 Å². The van der Waals surface area contributed by atoms with Crippen LogP contribution in [0.3, 0.4) is 0 Å². The smallest absolute Gasteiger partial charge is 0.338 e. The van der Waals surface area contributed by atoms with Gasteiger partial charge in [0.2, 0.25) is 5.28 Å². The third kappa shape index (κ3) is 4.86. The van der Waals surface area contributed by atoms with Crippen LogP contribution >= 0.6 is 31.0 Å². The van der Waals surface area contributed by atoms with E-state index >= 15 is 0 Å². The Labute approximate surface area is 187 Å². The fraction of sp³-hybridized carbons (Fsp3) is 0.706. The van der Waals surface area contributed by atoms with Gasteiger partial charge in [0.1, 0.15) is 23.0 Å². The lowest BCUT2D eigenvalue weighted by molar-refractivity contribution is -0.0361. The zero-order valence-corrected chi connectivity index (χ0v) is 19.2. The number of nitrogens with one attached hydrogen (secondary N) is 1. The summed E-state index contributed by atoms with van der Waals surface area (Å²) in [4.78, 5) is 26.1. The predicted molar refractivity (Wildman–Crippen MR) is 116 cm³/mol. The van der Waals surface area contributed by atoms with Crippen molar-refractivity contribution in [2.45, 2.75) is 68.2 Å². The van der Waals surface area contributed by atoms with Gasteiger partial charge in [0.05, 0.1) is 17.7 Å². The van der Waals surface area contributed by atoms with E-state index < -0.39 is 37.1 Å². The Kier molecular flexibility index (Phi) is 6.81. The summed E-state index contributed by atoms with van der Waals surface area (Å²) in [6.45, 7) is 1.40. The number of aliphatic hydroxyl groups is 2. The van der Waals surface area contributed by atoms with Gasteiger partial charge >= 0.3 is 7.60 Å². The van der Waals surface area contributed by atoms with Crippen molar-refractivity contribution in [1.29, 1.82) is 0 Å². The maximum absolute atomic E-state index is 11.3. The predicted octanol–water partition coefficient (Wildman–Crippen LogP) is 1.71. The Morgan fingerprint density at radius 2 is 2.03 bits per heavy atom. The molecule has 0 bridgehead atoms. The molecule has 172 valence electrons. The molecule has 0 amide bonds. The van der Waals surface area contributed by atoms with E-state index in [-0.39, 0.29) is 11.0 Å². The first-order chi connectivity index (χ1) is 14.6. The van der Waals surface area contributed by atoms with E-state index in [1.165, 1.54) is 11.6 Å². The zero-order chi connectivity index (χ0) is 22.3. The standard InChI is InChI=1S/C17H25ClN5O6PS/c1-8(30(26,27)28)31-7-11-12(24)13(25)16(29-11)23-15-10(6-19-23)14(21-17(18)22-15)20-9-4-2-3-5-9/h6,8-9,11-13,16,24-25H,2-5,7H2,1H3,(H,20,21,22)(H2,26,27,28)/t8?,11-,12-,13-,16-/m1/s1. The van der Waals surface area contributed by atoms with E-state index in [4.69, 9.17) is 16.3 Å². The average molecular weight is 494 g/mol. The first-order valence-electron chi connectivity index (χ1n) is 10.0. The lowest BCUT2D eigenvalue weighted by Gasteiger charge is -2.18. The van der Waals surface area contributed by atoms with Crippen LogP contribution in [0.5, 0.6) is 0 Å². The summed E-state index contributed by atoms with van der Waals surface area (Å²) in [5.41, 5.74) is 0.355. The van der Waals surface area contributed by atoms with Gasteiger partial charge in [0, 0.05) is 11.8 Å². The quantitative estimate of drug-likeness (QED) is 0.282. The molecule has 0 radical (unpaired) electrons. The molecule has 5 atom stereocenters. The molecule has 5 N–H and O–H groups in total. The molecule has 1 unspecified atom stereocenters. The molecule has 31 heavy (non-hydrogen) atoms. The van der Waals surface area contributed by atoms with Gasteiger partial charge in [0.25, 0.3) is 0 Å². The second kappa shape index (κ2) is 9.11. The third-order valence-electron chi connectivity index (χ3n) is 5.68. The van der Waals surface area contributed by atoms with Gasteiger partial charge in [-0.2, -0.15) is 15.1 Å². The summed E-state index contributed by atoms with van der Waals surface area (Å²) in [7, 11) is -4.26. The van der Waals surface area contributed by atoms with Crippen molar-refractivity contribution < 1.29 is 29.3 Å². The Hall–Kier alpha value is -0.980. The molecular weight excluding hydrogens is 469 g/mol. The second-order valence-corrected chi connectivity index (χ2v) is 11.9. The molecule has 0 aromatic carbocycles. The summed E-state index contributed by atoms with van der Waals surface area (Å²) < 4.78 is 18.5. The van der Waals surface area contributed by atoms with Crippen LogP contribution < -0.4 is 5.32 Å². The molecule has 2 aromatic heterocycles. The van der Waals surface area contributed by atoms with Gasteiger partial charge in [-0.1, -0.05) is 12.8 Å². The van der Waals surface area contributed by atoms with Crippen LogP contribution in [0.1, 0.15) is 38.8 Å². The van der Waals surface area contributed by atoms with Crippen molar-refractivity contribution >= 4 is 47.8 Å². The number of aliphatic hydroxyl groups excluding tert-OH is 2. The van der Waals surface area contributed by atoms with Crippen molar-refractivity contribution in [2.24, 2.45) is 0 Å². The van der Waals surface area contributed by atoms with Crippen molar-refractivity contribution in [3.05, 3.63) is 11.5 Å². The average Bonchev–Trinajstić information content (AvgIpc) is 3.41. The number of hydrogen-bond acceptors (Lipinski definition) is 9. The monoisotopic (exact) mass is 493 g/mol. The number of halogens is 1. The highest BCUT2D eigenvalue weighted by molar-refractivity contribution is 8.05. The van der Waals surface area contributed by atoms with Gasteiger partial charge in [-0.15, -0.1) is 11.8 Å². The fourth-order valence-corrected chi connectivity index (χ4v) is 5.80. The topological polar surface area (TPSA) is 163 Å². The SMILES string of the molecule is CC(SC[C@H]1O[C@@H](n2ncc3c(NC4CCCC4)nc(Cl)nc32)[C@H](O)[C@@H]1O)P(=O)(O)O. The molecule has 1 aliphatic heterocycles. The number of rotatable bonds is 7. The molecule has 1 saturated heterocycles. The molecule has 1 saturated carbocycles. The minimum Gasteiger partial charge on any atom is -0.387 e. The minimum absolute atomic E-state index is 0.0188. The van der Waals surface area contributed by atoms with Crippen LogP contribution in [0.2, 0.25) is 5.28 Å². The van der Waals surface area contributed by atoms with Crippen LogP contribution in [-0.2, 0) is 9.30 Å². The molecule has 2 fully saturated rings. The van der Waals surface area contributed by atoms with Crippen LogP contribution in [0.15, 0.2) is 6.20 Å². The first-order valence-corrected chi connectivity index (χ1v) is 13.1. The van der Waals surface area contributed by atoms with E-state index in [0.717, 1.165) is 37.4 Å². The Morgan fingerprint density at radius 1 is 1.32 bits per heavy atom. The maximum Gasteiger partial charge on any atom is 0.338 e. The molecule has 0 spiro atoms. The fourth-order valence-electron chi connectivity index (χ4n) is 3.86. The lowest BCUT2D eigenvalue weighted by atomic mass is 10.1. The largest absolute Gasteiger partial charge is 0.387 e. The zero-order valence-electron chi connectivity index (χ0n) is 16.7. The highest BCUT2D eigenvalue weighted by atomic mass is 35.5. The first kappa shape index (κ1) is 23.2. The summed E-state index contributed by atoms with van der Waals surface area (Å²) in [5, 5.41) is 29.3. The molecule has 1 aliphatic carbocycles. The molecular formula is C17H25ClN5O6PS. The van der Waals surface area contributed by atoms with E-state index in [1.807, 2.05) is 0 Å². The Bertz CT molecular complexity index is 985. The number of thioether (sulfide) groups is 1. The van der Waals surface area contributed by atoms with Gasteiger partial charge in [-0.05, 0) is 31.4 Å². The van der Waals surface area contributed by atoms with Gasteiger partial charge in [-0.25, -0.2) is 4.68 Å². The lowest BCUT2D eigenvalue weighted by Crippen LogP contribution is -2.33. The Morgan fingerprint density at radius 3 is 2.71 bits per heavy atom. The van der Waals surface area contributed by atoms with Crippen LogP contribution in [0, 0.1) is 0 Å². The van der Waals surface area contributed by atoms with Crippen LogP contribution in [-0.4, -0.2) is 74.8 Å². The van der Waals surface area contributed by atoms with E-state index in [1.54, 1.807) is 6.20 Å².